The number of pyridine rings is 1. The molecule has 2 fully saturated rings. The van der Waals surface area contributed by atoms with E-state index in [0.717, 1.165) is 16.9 Å². The third kappa shape index (κ3) is 5.33. The molecule has 37 heavy (non-hydrogen) atoms. The third-order valence-corrected chi connectivity index (χ3v) is 7.50. The fraction of sp³-hybridized carbons (Fsp3) is 0.393. The van der Waals surface area contributed by atoms with Crippen molar-refractivity contribution >= 4 is 34.6 Å². The van der Waals surface area contributed by atoms with Gasteiger partial charge in [0, 0.05) is 37.4 Å². The van der Waals surface area contributed by atoms with Crippen LogP contribution in [-0.4, -0.2) is 41.4 Å². The van der Waals surface area contributed by atoms with E-state index in [-0.39, 0.29) is 24.6 Å². The van der Waals surface area contributed by atoms with E-state index in [1.54, 1.807) is 7.11 Å². The Bertz CT molecular complexity index is 1240. The Hall–Kier alpha value is -3.43. The molecule has 1 aliphatic heterocycles. The fourth-order valence-electron chi connectivity index (χ4n) is 5.44. The maximum absolute atomic E-state index is 12.3. The van der Waals surface area contributed by atoms with E-state index in [4.69, 9.17) is 21.7 Å². The first kappa shape index (κ1) is 25.2. The van der Waals surface area contributed by atoms with Gasteiger partial charge in [-0.1, -0.05) is 25.3 Å². The molecule has 1 saturated heterocycles. The van der Waals surface area contributed by atoms with Crippen molar-refractivity contribution in [2.45, 2.75) is 50.2 Å². The molecule has 5 rings (SSSR count). The van der Waals surface area contributed by atoms with Crippen LogP contribution in [0.2, 0.25) is 0 Å². The molecule has 1 amide bonds. The van der Waals surface area contributed by atoms with Crippen molar-refractivity contribution < 1.29 is 14.3 Å². The summed E-state index contributed by atoms with van der Waals surface area (Å²) in [6.45, 7) is -0.0455. The first-order chi connectivity index (χ1) is 18.1. The Kier molecular flexibility index (Phi) is 7.71. The summed E-state index contributed by atoms with van der Waals surface area (Å²) >= 11 is 5.88. The van der Waals surface area contributed by atoms with Crippen molar-refractivity contribution in [1.29, 1.82) is 0 Å². The van der Waals surface area contributed by atoms with Crippen molar-refractivity contribution in [2.75, 3.05) is 31.0 Å². The topological polar surface area (TPSA) is 80.7 Å². The summed E-state index contributed by atoms with van der Waals surface area (Å²) in [6.07, 6.45) is 12.6. The molecule has 2 N–H and O–H groups in total. The zero-order valence-corrected chi connectivity index (χ0v) is 22.0. The summed E-state index contributed by atoms with van der Waals surface area (Å²) in [4.78, 5) is 19.1. The quantitative estimate of drug-likeness (QED) is 0.398. The number of nitrogens with one attached hydrogen (secondary N) is 2. The minimum atomic E-state index is -0.257. The number of rotatable bonds is 8. The van der Waals surface area contributed by atoms with Gasteiger partial charge in [-0.05, 0) is 67.0 Å². The Labute approximate surface area is 223 Å². The maximum Gasteiger partial charge on any atom is 0.250 e. The second-order valence-electron chi connectivity index (χ2n) is 9.55. The van der Waals surface area contributed by atoms with Gasteiger partial charge in [-0.25, -0.2) is 0 Å². The van der Waals surface area contributed by atoms with Crippen LogP contribution in [0, 0.1) is 0 Å². The molecule has 1 aromatic carbocycles. The van der Waals surface area contributed by atoms with Gasteiger partial charge in [-0.2, -0.15) is 0 Å². The highest BCUT2D eigenvalue weighted by Gasteiger charge is 2.41. The lowest BCUT2D eigenvalue weighted by molar-refractivity contribution is -0.119. The molecule has 2 aliphatic rings. The van der Waals surface area contributed by atoms with E-state index in [2.05, 4.69) is 43.5 Å². The van der Waals surface area contributed by atoms with Crippen LogP contribution in [-0.2, 0) is 9.53 Å². The molecule has 2 atom stereocenters. The van der Waals surface area contributed by atoms with Crippen molar-refractivity contribution in [3.63, 3.8) is 0 Å². The number of amides is 1. The normalized spacial score (nSPS) is 20.1. The predicted octanol–water partition coefficient (Wildman–Crippen LogP) is 5.16. The second kappa shape index (κ2) is 11.3. The van der Waals surface area contributed by atoms with Gasteiger partial charge in [-0.3, -0.25) is 9.78 Å². The lowest BCUT2D eigenvalue weighted by atomic mass is 9.95. The number of anilines is 2. The largest absolute Gasteiger partial charge is 0.495 e. The Balaban J connectivity index is 1.54. The van der Waals surface area contributed by atoms with Crippen LogP contribution in [0.4, 0.5) is 11.4 Å². The van der Waals surface area contributed by atoms with Gasteiger partial charge in [0.25, 0.3) is 0 Å². The van der Waals surface area contributed by atoms with Crippen LogP contribution in [0.15, 0.2) is 61.1 Å². The highest BCUT2D eigenvalue weighted by Crippen LogP contribution is 2.43. The zero-order chi connectivity index (χ0) is 25.8. The highest BCUT2D eigenvalue weighted by atomic mass is 32.1. The molecule has 1 saturated carbocycles. The van der Waals surface area contributed by atoms with E-state index in [1.165, 1.54) is 39.2 Å². The minimum absolute atomic E-state index is 0.0455. The third-order valence-electron chi connectivity index (χ3n) is 7.18. The number of ether oxygens (including phenoxy) is 2. The first-order valence-corrected chi connectivity index (χ1v) is 13.1. The molecule has 1 aliphatic carbocycles. The number of carbonyl (C=O) groups is 1. The smallest absolute Gasteiger partial charge is 0.250 e. The molecule has 0 unspecified atom stereocenters. The van der Waals surface area contributed by atoms with E-state index in [1.807, 2.05) is 42.6 Å². The second-order valence-corrected chi connectivity index (χ2v) is 9.93. The highest BCUT2D eigenvalue weighted by molar-refractivity contribution is 7.80. The molecule has 0 spiro atoms. The van der Waals surface area contributed by atoms with Crippen LogP contribution >= 0.6 is 12.2 Å². The molecule has 194 valence electrons. The van der Waals surface area contributed by atoms with E-state index in [0.29, 0.717) is 22.6 Å². The van der Waals surface area contributed by atoms with E-state index >= 15 is 0 Å². The number of nitrogens with zero attached hydrogens (tertiary/aromatic N) is 3. The van der Waals surface area contributed by atoms with Crippen molar-refractivity contribution in [3.05, 3.63) is 72.3 Å². The van der Waals surface area contributed by atoms with Crippen LogP contribution in [0.3, 0.4) is 0 Å². The van der Waals surface area contributed by atoms with Gasteiger partial charge in [-0.15, -0.1) is 0 Å². The first-order valence-electron chi connectivity index (χ1n) is 12.7. The van der Waals surface area contributed by atoms with Crippen LogP contribution in [0.5, 0.6) is 5.75 Å². The van der Waals surface area contributed by atoms with Crippen LogP contribution < -0.4 is 20.3 Å². The molecule has 8 nitrogen and oxygen atoms in total. The summed E-state index contributed by atoms with van der Waals surface area (Å²) in [6, 6.07) is 14.1. The number of aromatic nitrogens is 2. The Morgan fingerprint density at radius 3 is 2.73 bits per heavy atom. The number of hydrogen-bond acceptors (Lipinski definition) is 5. The van der Waals surface area contributed by atoms with Crippen molar-refractivity contribution in [2.24, 2.45) is 0 Å². The van der Waals surface area contributed by atoms with Gasteiger partial charge in [0.2, 0.25) is 5.91 Å². The Morgan fingerprint density at radius 1 is 1.16 bits per heavy atom. The number of hydrogen-bond donors (Lipinski definition) is 2. The summed E-state index contributed by atoms with van der Waals surface area (Å²) in [5.41, 5.74) is 3.49. The van der Waals surface area contributed by atoms with Crippen LogP contribution in [0.1, 0.15) is 61.5 Å². The summed E-state index contributed by atoms with van der Waals surface area (Å²) in [5, 5.41) is 7.00. The molecule has 2 aromatic heterocycles. The monoisotopic (exact) mass is 519 g/mol. The lowest BCUT2D eigenvalue weighted by Gasteiger charge is -2.28. The average molecular weight is 520 g/mol. The summed E-state index contributed by atoms with van der Waals surface area (Å²) in [7, 11) is 3.07. The van der Waals surface area contributed by atoms with Gasteiger partial charge in [0.05, 0.1) is 30.6 Å². The minimum Gasteiger partial charge on any atom is -0.495 e. The molecule has 9 heteroatoms. The number of carbonyl (C=O) groups excluding carboxylic acids is 1. The van der Waals surface area contributed by atoms with Crippen LogP contribution in [0.25, 0.3) is 0 Å². The van der Waals surface area contributed by atoms with E-state index < -0.39 is 0 Å². The molecule has 0 radical (unpaired) electrons. The fourth-order valence-corrected chi connectivity index (χ4v) is 5.79. The van der Waals surface area contributed by atoms with Gasteiger partial charge >= 0.3 is 0 Å². The summed E-state index contributed by atoms with van der Waals surface area (Å²) < 4.78 is 12.9. The predicted molar refractivity (Wildman–Crippen MR) is 148 cm³/mol. The molecule has 3 heterocycles. The van der Waals surface area contributed by atoms with Crippen molar-refractivity contribution in [3.8, 4) is 5.75 Å². The molecule has 3 aromatic rings. The standard InChI is InChI=1S/C28H33N5O3S/c1-35-18-25(34)30-23-16-21(11-12-24(23)36-2)33-27(26(31-28(33)37)22-10-6-7-14-29-22)19-13-15-32(17-19)20-8-4-3-5-9-20/h6-7,10-17,20,26-27H,3-5,8-9,18H2,1-2H3,(H,30,34)(H,31,37)/t26-,27+/m1/s1. The average Bonchev–Trinajstić information content (AvgIpc) is 3.54. The number of thiocarbonyl (C=S) groups is 1. The Morgan fingerprint density at radius 2 is 2.00 bits per heavy atom. The summed E-state index contributed by atoms with van der Waals surface area (Å²) in [5.74, 6) is 0.306. The molecular weight excluding hydrogens is 486 g/mol. The van der Waals surface area contributed by atoms with Gasteiger partial charge in [0.1, 0.15) is 12.4 Å². The number of methoxy groups -OCH3 is 2. The molecular formula is C28H33N5O3S. The maximum atomic E-state index is 12.3. The van der Waals surface area contributed by atoms with Gasteiger partial charge < -0.3 is 29.6 Å². The molecule has 0 bridgehead atoms. The zero-order valence-electron chi connectivity index (χ0n) is 21.2. The van der Waals surface area contributed by atoms with Crippen molar-refractivity contribution in [1.82, 2.24) is 14.9 Å². The van der Waals surface area contributed by atoms with Gasteiger partial charge in [0.15, 0.2) is 5.11 Å². The van der Waals surface area contributed by atoms with E-state index in [9.17, 15) is 4.79 Å². The lowest BCUT2D eigenvalue weighted by Crippen LogP contribution is -2.29. The SMILES string of the molecule is COCC(=O)Nc1cc(N2C(=S)N[C@H](c3ccccn3)[C@@H]2c2ccn(C3CCCCC3)c2)ccc1OC. The number of benzene rings is 1.